The number of nitrogens with zero attached hydrogens (tertiary/aromatic N) is 5. The summed E-state index contributed by atoms with van der Waals surface area (Å²) < 4.78 is 3.21. The lowest BCUT2D eigenvalue weighted by Crippen LogP contribution is -2.34. The number of piperidine rings is 1. The number of aromatic nitrogens is 4. The quantitative estimate of drug-likeness (QED) is 0.725. The second-order valence-corrected chi connectivity index (χ2v) is 6.81. The van der Waals surface area contributed by atoms with Gasteiger partial charge in [0.25, 0.3) is 0 Å². The van der Waals surface area contributed by atoms with E-state index in [-0.39, 0.29) is 5.69 Å². The van der Waals surface area contributed by atoms with Gasteiger partial charge in [0.05, 0.1) is 11.4 Å². The van der Waals surface area contributed by atoms with Crippen LogP contribution in [0.5, 0.6) is 0 Å². The molecular weight excluding hydrogens is 326 g/mol. The lowest BCUT2D eigenvalue weighted by Gasteiger charge is -2.31. The van der Waals surface area contributed by atoms with E-state index in [4.69, 9.17) is 0 Å². The SMILES string of the molecule is Cn1nc(C2CCN(Cc3ccccn3)CC2)n(-c2ccccc2)c1=O. The zero-order valence-corrected chi connectivity index (χ0v) is 15.0. The van der Waals surface area contributed by atoms with Crippen molar-refractivity contribution < 1.29 is 0 Å². The Morgan fingerprint density at radius 3 is 2.46 bits per heavy atom. The molecule has 3 heterocycles. The molecule has 0 radical (unpaired) electrons. The Balaban J connectivity index is 1.52. The van der Waals surface area contributed by atoms with E-state index in [0.717, 1.165) is 49.7 Å². The van der Waals surface area contributed by atoms with Crippen molar-refractivity contribution in [2.75, 3.05) is 13.1 Å². The van der Waals surface area contributed by atoms with E-state index in [1.807, 2.05) is 48.7 Å². The molecule has 134 valence electrons. The molecule has 6 nitrogen and oxygen atoms in total. The average molecular weight is 349 g/mol. The summed E-state index contributed by atoms with van der Waals surface area (Å²) in [6.45, 7) is 2.85. The van der Waals surface area contributed by atoms with E-state index in [9.17, 15) is 4.79 Å². The summed E-state index contributed by atoms with van der Waals surface area (Å²) in [7, 11) is 1.72. The first kappa shape index (κ1) is 16.7. The van der Waals surface area contributed by atoms with Gasteiger partial charge in [0.15, 0.2) is 0 Å². The van der Waals surface area contributed by atoms with Crippen molar-refractivity contribution in [1.29, 1.82) is 0 Å². The largest absolute Gasteiger partial charge is 0.350 e. The molecule has 4 rings (SSSR count). The molecule has 0 atom stereocenters. The monoisotopic (exact) mass is 349 g/mol. The van der Waals surface area contributed by atoms with Gasteiger partial charge in [0.1, 0.15) is 5.82 Å². The minimum absolute atomic E-state index is 0.0814. The number of benzene rings is 1. The summed E-state index contributed by atoms with van der Waals surface area (Å²) in [5.41, 5.74) is 1.91. The third-order valence-electron chi connectivity index (χ3n) is 5.03. The van der Waals surface area contributed by atoms with Gasteiger partial charge in [-0.3, -0.25) is 9.88 Å². The first-order chi connectivity index (χ1) is 12.7. The first-order valence-corrected chi connectivity index (χ1v) is 9.06. The molecule has 1 aromatic carbocycles. The summed E-state index contributed by atoms with van der Waals surface area (Å²) in [5.74, 6) is 1.17. The Bertz CT molecular complexity index is 908. The molecule has 0 spiro atoms. The number of hydrogen-bond donors (Lipinski definition) is 0. The van der Waals surface area contributed by atoms with E-state index in [1.165, 1.54) is 4.68 Å². The minimum Gasteiger partial charge on any atom is -0.297 e. The molecule has 0 unspecified atom stereocenters. The van der Waals surface area contributed by atoms with Gasteiger partial charge in [-0.15, -0.1) is 0 Å². The van der Waals surface area contributed by atoms with Crippen LogP contribution in [0.15, 0.2) is 59.5 Å². The fraction of sp³-hybridized carbons (Fsp3) is 0.350. The standard InChI is InChI=1S/C20H23N5O/c1-23-20(26)25(18-8-3-2-4-9-18)19(22-23)16-10-13-24(14-11-16)15-17-7-5-6-12-21-17/h2-9,12,16H,10-11,13-15H2,1H3. The highest BCUT2D eigenvalue weighted by atomic mass is 16.2. The fourth-order valence-electron chi connectivity index (χ4n) is 3.64. The van der Waals surface area contributed by atoms with Crippen molar-refractivity contribution in [3.8, 4) is 5.69 Å². The van der Waals surface area contributed by atoms with Crippen LogP contribution in [0.3, 0.4) is 0 Å². The summed E-state index contributed by atoms with van der Waals surface area (Å²) in [5, 5.41) is 4.56. The van der Waals surface area contributed by atoms with E-state index < -0.39 is 0 Å². The molecule has 3 aromatic rings. The van der Waals surface area contributed by atoms with Gasteiger partial charge in [0, 0.05) is 25.7 Å². The van der Waals surface area contributed by atoms with E-state index >= 15 is 0 Å². The topological polar surface area (TPSA) is 56.0 Å². The molecular formula is C20H23N5O. The Hall–Kier alpha value is -2.73. The zero-order valence-electron chi connectivity index (χ0n) is 15.0. The van der Waals surface area contributed by atoms with Crippen molar-refractivity contribution in [1.82, 2.24) is 24.2 Å². The number of aryl methyl sites for hydroxylation is 1. The van der Waals surface area contributed by atoms with Crippen molar-refractivity contribution in [2.45, 2.75) is 25.3 Å². The van der Waals surface area contributed by atoms with Crippen LogP contribution < -0.4 is 5.69 Å². The highest BCUT2D eigenvalue weighted by molar-refractivity contribution is 5.33. The van der Waals surface area contributed by atoms with Crippen LogP contribution in [0, 0.1) is 0 Å². The number of para-hydroxylation sites is 1. The third-order valence-corrected chi connectivity index (χ3v) is 5.03. The van der Waals surface area contributed by atoms with Crippen molar-refractivity contribution in [2.24, 2.45) is 7.05 Å². The van der Waals surface area contributed by atoms with E-state index in [0.29, 0.717) is 5.92 Å². The van der Waals surface area contributed by atoms with Gasteiger partial charge < -0.3 is 0 Å². The van der Waals surface area contributed by atoms with Crippen LogP contribution in [-0.2, 0) is 13.6 Å². The average Bonchev–Trinajstić information content (AvgIpc) is 2.99. The molecule has 26 heavy (non-hydrogen) atoms. The van der Waals surface area contributed by atoms with Crippen LogP contribution in [0.4, 0.5) is 0 Å². The lowest BCUT2D eigenvalue weighted by molar-refractivity contribution is 0.199. The molecule has 1 aliphatic heterocycles. The molecule has 0 bridgehead atoms. The molecule has 0 aliphatic carbocycles. The predicted octanol–water partition coefficient (Wildman–Crippen LogP) is 2.35. The van der Waals surface area contributed by atoms with Gasteiger partial charge >= 0.3 is 5.69 Å². The maximum absolute atomic E-state index is 12.6. The van der Waals surface area contributed by atoms with Crippen LogP contribution in [0.1, 0.15) is 30.3 Å². The zero-order chi connectivity index (χ0) is 17.9. The molecule has 6 heteroatoms. The molecule has 1 saturated heterocycles. The van der Waals surface area contributed by atoms with Crippen molar-refractivity contribution >= 4 is 0 Å². The molecule has 0 saturated carbocycles. The Kier molecular flexibility index (Phi) is 4.67. The molecule has 1 fully saturated rings. The van der Waals surface area contributed by atoms with Gasteiger partial charge in [-0.2, -0.15) is 5.10 Å². The van der Waals surface area contributed by atoms with Gasteiger partial charge in [-0.25, -0.2) is 14.0 Å². The van der Waals surface area contributed by atoms with Crippen LogP contribution in [-0.4, -0.2) is 37.3 Å². The minimum atomic E-state index is -0.0814. The number of pyridine rings is 1. The summed E-state index contributed by atoms with van der Waals surface area (Å²) in [6.07, 6.45) is 3.83. The molecule has 0 N–H and O–H groups in total. The predicted molar refractivity (Wildman–Crippen MR) is 100 cm³/mol. The normalized spacial score (nSPS) is 16.0. The maximum Gasteiger partial charge on any atom is 0.350 e. The van der Waals surface area contributed by atoms with Crippen molar-refractivity contribution in [3.63, 3.8) is 0 Å². The second kappa shape index (κ2) is 7.25. The van der Waals surface area contributed by atoms with Gasteiger partial charge in [-0.1, -0.05) is 24.3 Å². The highest BCUT2D eigenvalue weighted by Crippen LogP contribution is 2.28. The number of rotatable bonds is 4. The van der Waals surface area contributed by atoms with Crippen LogP contribution >= 0.6 is 0 Å². The fourth-order valence-corrected chi connectivity index (χ4v) is 3.64. The smallest absolute Gasteiger partial charge is 0.297 e. The van der Waals surface area contributed by atoms with Gasteiger partial charge in [-0.05, 0) is 50.2 Å². The van der Waals surface area contributed by atoms with Gasteiger partial charge in [0.2, 0.25) is 0 Å². The second-order valence-electron chi connectivity index (χ2n) is 6.81. The lowest BCUT2D eigenvalue weighted by atomic mass is 9.95. The maximum atomic E-state index is 12.6. The molecule has 1 aliphatic rings. The molecule has 0 amide bonds. The summed E-state index contributed by atoms with van der Waals surface area (Å²) in [6, 6.07) is 15.8. The summed E-state index contributed by atoms with van der Waals surface area (Å²) in [4.78, 5) is 19.4. The highest BCUT2D eigenvalue weighted by Gasteiger charge is 2.27. The Labute approximate surface area is 152 Å². The van der Waals surface area contributed by atoms with Crippen LogP contribution in [0.25, 0.3) is 5.69 Å². The number of likely N-dealkylation sites (tertiary alicyclic amines) is 1. The van der Waals surface area contributed by atoms with Crippen molar-refractivity contribution in [3.05, 3.63) is 76.7 Å². The van der Waals surface area contributed by atoms with E-state index in [2.05, 4.69) is 21.0 Å². The summed E-state index contributed by atoms with van der Waals surface area (Å²) >= 11 is 0. The molecule has 2 aromatic heterocycles. The Morgan fingerprint density at radius 1 is 1.04 bits per heavy atom. The Morgan fingerprint density at radius 2 is 1.77 bits per heavy atom. The van der Waals surface area contributed by atoms with E-state index in [1.54, 1.807) is 11.6 Å². The van der Waals surface area contributed by atoms with Crippen LogP contribution in [0.2, 0.25) is 0 Å². The first-order valence-electron chi connectivity index (χ1n) is 9.06. The number of hydrogen-bond acceptors (Lipinski definition) is 4. The third kappa shape index (κ3) is 3.32.